The third kappa shape index (κ3) is 2.70. The summed E-state index contributed by atoms with van der Waals surface area (Å²) in [6.07, 6.45) is -4.68. The summed E-state index contributed by atoms with van der Waals surface area (Å²) in [5, 5.41) is 0. The zero-order valence-corrected chi connectivity index (χ0v) is 8.77. The minimum absolute atomic E-state index is 0. The van der Waals surface area contributed by atoms with E-state index in [9.17, 15) is 13.2 Å². The summed E-state index contributed by atoms with van der Waals surface area (Å²) in [4.78, 5) is 0. The van der Waals surface area contributed by atoms with E-state index in [1.807, 2.05) is 0 Å². The van der Waals surface area contributed by atoms with E-state index in [1.54, 1.807) is 0 Å². The van der Waals surface area contributed by atoms with Gasteiger partial charge in [-0.2, -0.15) is 0 Å². The standard InChI is InChI=1S/C9H8F3NO2.ClH/c10-9(11,12)15-5-1-2-8-6(3-5)7(13)4-14-8;/h1-3,7H,4,13H2;1H. The monoisotopic (exact) mass is 255 g/mol. The van der Waals surface area contributed by atoms with Crippen LogP contribution in [0.25, 0.3) is 0 Å². The highest BCUT2D eigenvalue weighted by Gasteiger charge is 2.32. The van der Waals surface area contributed by atoms with E-state index >= 15 is 0 Å². The van der Waals surface area contributed by atoms with E-state index < -0.39 is 12.4 Å². The molecule has 1 aromatic carbocycles. The maximum Gasteiger partial charge on any atom is 0.573 e. The SMILES string of the molecule is Cl.NC1COc2ccc(OC(F)(F)F)cc21. The average molecular weight is 256 g/mol. The van der Waals surface area contributed by atoms with Crippen molar-refractivity contribution in [2.45, 2.75) is 12.4 Å². The molecule has 0 aromatic heterocycles. The lowest BCUT2D eigenvalue weighted by molar-refractivity contribution is -0.274. The predicted octanol–water partition coefficient (Wildman–Crippen LogP) is 2.40. The fourth-order valence-corrected chi connectivity index (χ4v) is 1.41. The summed E-state index contributed by atoms with van der Waals surface area (Å²) in [5.41, 5.74) is 6.16. The van der Waals surface area contributed by atoms with Crippen LogP contribution in [-0.2, 0) is 0 Å². The Morgan fingerprint density at radius 2 is 2.06 bits per heavy atom. The molecule has 7 heteroatoms. The summed E-state index contributed by atoms with van der Waals surface area (Å²) in [7, 11) is 0. The Bertz CT molecular complexity index is 384. The van der Waals surface area contributed by atoms with Gasteiger partial charge >= 0.3 is 6.36 Å². The fraction of sp³-hybridized carbons (Fsp3) is 0.333. The molecule has 0 bridgehead atoms. The molecule has 1 atom stereocenters. The van der Waals surface area contributed by atoms with Crippen LogP contribution in [0.3, 0.4) is 0 Å². The third-order valence-corrected chi connectivity index (χ3v) is 2.03. The molecule has 1 aromatic rings. The topological polar surface area (TPSA) is 44.5 Å². The zero-order valence-electron chi connectivity index (χ0n) is 7.95. The van der Waals surface area contributed by atoms with Gasteiger partial charge in [0.15, 0.2) is 0 Å². The summed E-state index contributed by atoms with van der Waals surface area (Å²) in [6, 6.07) is 3.48. The van der Waals surface area contributed by atoms with Crippen molar-refractivity contribution < 1.29 is 22.6 Å². The first kappa shape index (κ1) is 12.9. The number of alkyl halides is 3. The van der Waals surface area contributed by atoms with Gasteiger partial charge in [0.2, 0.25) is 0 Å². The van der Waals surface area contributed by atoms with Crippen LogP contribution in [0.4, 0.5) is 13.2 Å². The Morgan fingerprint density at radius 1 is 1.38 bits per heavy atom. The molecule has 2 N–H and O–H groups in total. The Labute approximate surface area is 95.7 Å². The molecule has 1 aliphatic heterocycles. The Balaban J connectivity index is 0.00000128. The molecule has 1 heterocycles. The molecule has 2 rings (SSSR count). The lowest BCUT2D eigenvalue weighted by Crippen LogP contribution is -2.17. The number of fused-ring (bicyclic) bond motifs is 1. The van der Waals surface area contributed by atoms with Gasteiger partial charge in [0.1, 0.15) is 18.1 Å². The van der Waals surface area contributed by atoms with Crippen molar-refractivity contribution in [3.05, 3.63) is 23.8 Å². The molecule has 16 heavy (non-hydrogen) atoms. The number of ether oxygens (including phenoxy) is 2. The Kier molecular flexibility index (Phi) is 3.54. The third-order valence-electron chi connectivity index (χ3n) is 2.03. The molecule has 1 unspecified atom stereocenters. The van der Waals surface area contributed by atoms with E-state index in [1.165, 1.54) is 18.2 Å². The quantitative estimate of drug-likeness (QED) is 0.838. The fourth-order valence-electron chi connectivity index (χ4n) is 1.41. The van der Waals surface area contributed by atoms with Gasteiger partial charge in [-0.05, 0) is 18.2 Å². The highest BCUT2D eigenvalue weighted by molar-refractivity contribution is 5.85. The maximum atomic E-state index is 11.9. The van der Waals surface area contributed by atoms with Gasteiger partial charge < -0.3 is 15.2 Å². The molecule has 0 radical (unpaired) electrons. The second-order valence-electron chi connectivity index (χ2n) is 3.16. The minimum Gasteiger partial charge on any atom is -0.491 e. The van der Waals surface area contributed by atoms with Crippen LogP contribution < -0.4 is 15.2 Å². The molecular formula is C9H9ClF3NO2. The predicted molar refractivity (Wildman–Crippen MR) is 52.8 cm³/mol. The van der Waals surface area contributed by atoms with Crippen LogP contribution in [-0.4, -0.2) is 13.0 Å². The number of hydrogen-bond donors (Lipinski definition) is 1. The largest absolute Gasteiger partial charge is 0.573 e. The minimum atomic E-state index is -4.68. The van der Waals surface area contributed by atoms with Crippen LogP contribution in [0.1, 0.15) is 11.6 Å². The summed E-state index contributed by atoms with van der Waals surface area (Å²) < 4.78 is 44.6. The Morgan fingerprint density at radius 3 is 2.69 bits per heavy atom. The molecule has 0 spiro atoms. The summed E-state index contributed by atoms with van der Waals surface area (Å²) in [6.45, 7) is 0.283. The second-order valence-corrected chi connectivity index (χ2v) is 3.16. The molecule has 0 fully saturated rings. The zero-order chi connectivity index (χ0) is 11.1. The molecule has 1 aliphatic rings. The molecule has 0 saturated carbocycles. The number of halogens is 4. The van der Waals surface area contributed by atoms with Crippen molar-refractivity contribution in [3.8, 4) is 11.5 Å². The smallest absolute Gasteiger partial charge is 0.491 e. The van der Waals surface area contributed by atoms with Gasteiger partial charge in [-0.1, -0.05) is 0 Å². The number of rotatable bonds is 1. The number of nitrogens with two attached hydrogens (primary N) is 1. The van der Waals surface area contributed by atoms with Crippen LogP contribution in [0.2, 0.25) is 0 Å². The lowest BCUT2D eigenvalue weighted by atomic mass is 10.1. The van der Waals surface area contributed by atoms with E-state index in [0.717, 1.165) is 0 Å². The maximum absolute atomic E-state index is 11.9. The first-order chi connectivity index (χ1) is 6.96. The van der Waals surface area contributed by atoms with Crippen LogP contribution in [0, 0.1) is 0 Å². The molecule has 0 amide bonds. The normalized spacial score (nSPS) is 18.4. The van der Waals surface area contributed by atoms with Crippen molar-refractivity contribution in [1.29, 1.82) is 0 Å². The number of benzene rings is 1. The second kappa shape index (κ2) is 4.39. The molecule has 3 nitrogen and oxygen atoms in total. The van der Waals surface area contributed by atoms with Crippen molar-refractivity contribution >= 4 is 12.4 Å². The molecule has 0 aliphatic carbocycles. The Hall–Kier alpha value is -1.14. The van der Waals surface area contributed by atoms with E-state index in [0.29, 0.717) is 11.3 Å². The first-order valence-corrected chi connectivity index (χ1v) is 4.24. The van der Waals surface area contributed by atoms with E-state index in [2.05, 4.69) is 4.74 Å². The first-order valence-electron chi connectivity index (χ1n) is 4.24. The van der Waals surface area contributed by atoms with Crippen molar-refractivity contribution in [1.82, 2.24) is 0 Å². The van der Waals surface area contributed by atoms with Crippen molar-refractivity contribution in [2.75, 3.05) is 6.61 Å². The highest BCUT2D eigenvalue weighted by atomic mass is 35.5. The van der Waals surface area contributed by atoms with Gasteiger partial charge in [-0.15, -0.1) is 25.6 Å². The average Bonchev–Trinajstić information content (AvgIpc) is 2.45. The van der Waals surface area contributed by atoms with Gasteiger partial charge in [0.25, 0.3) is 0 Å². The highest BCUT2D eigenvalue weighted by Crippen LogP contribution is 2.35. The van der Waals surface area contributed by atoms with Crippen molar-refractivity contribution in [3.63, 3.8) is 0 Å². The van der Waals surface area contributed by atoms with Crippen LogP contribution in [0.15, 0.2) is 18.2 Å². The van der Waals surface area contributed by atoms with Gasteiger partial charge in [-0.3, -0.25) is 0 Å². The van der Waals surface area contributed by atoms with Gasteiger partial charge in [0, 0.05) is 5.56 Å². The van der Waals surface area contributed by atoms with Crippen molar-refractivity contribution in [2.24, 2.45) is 5.73 Å². The molecule has 90 valence electrons. The van der Waals surface area contributed by atoms with Crippen LogP contribution >= 0.6 is 12.4 Å². The van der Waals surface area contributed by atoms with Gasteiger partial charge in [-0.25, -0.2) is 0 Å². The summed E-state index contributed by atoms with van der Waals surface area (Å²) in [5.74, 6) is 0.235. The summed E-state index contributed by atoms with van der Waals surface area (Å²) >= 11 is 0. The lowest BCUT2D eigenvalue weighted by Gasteiger charge is -2.10. The van der Waals surface area contributed by atoms with Gasteiger partial charge in [0.05, 0.1) is 6.04 Å². The van der Waals surface area contributed by atoms with Crippen LogP contribution in [0.5, 0.6) is 11.5 Å². The number of hydrogen-bond acceptors (Lipinski definition) is 3. The molecule has 0 saturated heterocycles. The van der Waals surface area contributed by atoms with E-state index in [-0.39, 0.29) is 24.8 Å². The molecular weight excluding hydrogens is 247 g/mol. The van der Waals surface area contributed by atoms with E-state index in [4.69, 9.17) is 10.5 Å².